The summed E-state index contributed by atoms with van der Waals surface area (Å²) in [7, 11) is 5.21. The van der Waals surface area contributed by atoms with Gasteiger partial charge >= 0.3 is 0 Å². The van der Waals surface area contributed by atoms with E-state index in [0.717, 1.165) is 22.8 Å². The maximum absolute atomic E-state index is 5.42. The van der Waals surface area contributed by atoms with E-state index in [-0.39, 0.29) is 6.04 Å². The number of hydrogen-bond acceptors (Lipinski definition) is 5. The number of methoxy groups -OCH3 is 2. The summed E-state index contributed by atoms with van der Waals surface area (Å²) in [5.41, 5.74) is 3.87. The molecule has 0 saturated carbocycles. The standard InChI is InChI=1S/C13H16N2O2S/c1-14-13(11-7-18-8-15-11)10-5-4-9(16-2)6-12(10)17-3/h4-8,13-14H,1-3H3. The zero-order chi connectivity index (χ0) is 13.0. The second kappa shape index (κ2) is 5.84. The van der Waals surface area contributed by atoms with E-state index in [0.29, 0.717) is 0 Å². The third-order valence-electron chi connectivity index (χ3n) is 2.79. The normalized spacial score (nSPS) is 12.2. The van der Waals surface area contributed by atoms with Crippen LogP contribution in [0.15, 0.2) is 29.1 Å². The average molecular weight is 264 g/mol. The van der Waals surface area contributed by atoms with Crippen LogP contribution in [0.2, 0.25) is 0 Å². The molecule has 2 aromatic rings. The van der Waals surface area contributed by atoms with Crippen LogP contribution in [0.4, 0.5) is 0 Å². The van der Waals surface area contributed by atoms with Gasteiger partial charge in [-0.1, -0.05) is 0 Å². The molecule has 18 heavy (non-hydrogen) atoms. The minimum Gasteiger partial charge on any atom is -0.497 e. The van der Waals surface area contributed by atoms with Crippen molar-refractivity contribution in [3.05, 3.63) is 40.3 Å². The molecule has 1 aromatic heterocycles. The number of hydrogen-bond donors (Lipinski definition) is 1. The molecular weight excluding hydrogens is 248 g/mol. The van der Waals surface area contributed by atoms with Crippen LogP contribution in [0.25, 0.3) is 0 Å². The minimum absolute atomic E-state index is 0.0251. The molecule has 0 aliphatic rings. The van der Waals surface area contributed by atoms with Gasteiger partial charge in [0.1, 0.15) is 11.5 Å². The lowest BCUT2D eigenvalue weighted by Gasteiger charge is -2.18. The molecule has 1 heterocycles. The van der Waals surface area contributed by atoms with Gasteiger partial charge in [0.15, 0.2) is 0 Å². The van der Waals surface area contributed by atoms with Gasteiger partial charge in [0.2, 0.25) is 0 Å². The van der Waals surface area contributed by atoms with Crippen molar-refractivity contribution >= 4 is 11.3 Å². The topological polar surface area (TPSA) is 43.4 Å². The van der Waals surface area contributed by atoms with Crippen LogP contribution >= 0.6 is 11.3 Å². The SMILES string of the molecule is CNC(c1cscn1)c1ccc(OC)cc1OC. The number of nitrogens with one attached hydrogen (secondary N) is 1. The van der Waals surface area contributed by atoms with Crippen molar-refractivity contribution in [2.45, 2.75) is 6.04 Å². The highest BCUT2D eigenvalue weighted by atomic mass is 32.1. The maximum atomic E-state index is 5.42. The predicted molar refractivity (Wildman–Crippen MR) is 72.6 cm³/mol. The van der Waals surface area contributed by atoms with Gasteiger partial charge in [-0.05, 0) is 19.2 Å². The van der Waals surface area contributed by atoms with Crippen LogP contribution in [0, 0.1) is 0 Å². The highest BCUT2D eigenvalue weighted by molar-refractivity contribution is 7.07. The molecule has 5 heteroatoms. The second-order valence-corrected chi connectivity index (χ2v) is 4.46. The Hall–Kier alpha value is -1.59. The van der Waals surface area contributed by atoms with Crippen LogP contribution in [-0.4, -0.2) is 26.3 Å². The molecule has 0 fully saturated rings. The maximum Gasteiger partial charge on any atom is 0.127 e. The third kappa shape index (κ3) is 2.47. The summed E-state index contributed by atoms with van der Waals surface area (Å²) < 4.78 is 10.6. The van der Waals surface area contributed by atoms with Crippen LogP contribution in [0.5, 0.6) is 11.5 Å². The first-order valence-corrected chi connectivity index (χ1v) is 6.51. The van der Waals surface area contributed by atoms with Crippen molar-refractivity contribution in [1.82, 2.24) is 10.3 Å². The summed E-state index contributed by atoms with van der Waals surface area (Å²) in [5.74, 6) is 1.57. The molecular formula is C13H16N2O2S. The molecule has 4 nitrogen and oxygen atoms in total. The first-order valence-electron chi connectivity index (χ1n) is 5.57. The summed E-state index contributed by atoms with van der Waals surface area (Å²) in [6, 6.07) is 5.83. The Kier molecular flexibility index (Phi) is 4.17. The lowest BCUT2D eigenvalue weighted by atomic mass is 10.0. The number of ether oxygens (including phenoxy) is 2. The van der Waals surface area contributed by atoms with E-state index in [1.165, 1.54) is 0 Å². The van der Waals surface area contributed by atoms with Crippen molar-refractivity contribution in [3.63, 3.8) is 0 Å². The van der Waals surface area contributed by atoms with Gasteiger partial charge in [-0.25, -0.2) is 4.98 Å². The van der Waals surface area contributed by atoms with Crippen LogP contribution in [0.1, 0.15) is 17.3 Å². The van der Waals surface area contributed by atoms with Crippen molar-refractivity contribution in [1.29, 1.82) is 0 Å². The Morgan fingerprint density at radius 3 is 2.67 bits per heavy atom. The number of aromatic nitrogens is 1. The molecule has 0 radical (unpaired) electrons. The summed E-state index contributed by atoms with van der Waals surface area (Å²) in [5, 5.41) is 5.29. The molecule has 96 valence electrons. The van der Waals surface area contributed by atoms with Crippen molar-refractivity contribution in [2.75, 3.05) is 21.3 Å². The molecule has 1 aromatic carbocycles. The Bertz CT molecular complexity index is 500. The molecule has 2 rings (SSSR count). The summed E-state index contributed by atoms with van der Waals surface area (Å²) in [6.45, 7) is 0. The zero-order valence-electron chi connectivity index (χ0n) is 10.6. The summed E-state index contributed by atoms with van der Waals surface area (Å²) in [4.78, 5) is 4.35. The van der Waals surface area contributed by atoms with E-state index < -0.39 is 0 Å². The Morgan fingerprint density at radius 2 is 2.11 bits per heavy atom. The van der Waals surface area contributed by atoms with Gasteiger partial charge in [0.25, 0.3) is 0 Å². The van der Waals surface area contributed by atoms with Gasteiger partial charge in [-0.15, -0.1) is 11.3 Å². The lowest BCUT2D eigenvalue weighted by molar-refractivity contribution is 0.388. The van der Waals surface area contributed by atoms with Gasteiger partial charge in [0.05, 0.1) is 31.5 Å². The molecule has 1 unspecified atom stereocenters. The second-order valence-electron chi connectivity index (χ2n) is 3.74. The Labute approximate surface area is 111 Å². The largest absolute Gasteiger partial charge is 0.497 e. The van der Waals surface area contributed by atoms with E-state index in [1.54, 1.807) is 25.6 Å². The van der Waals surface area contributed by atoms with Gasteiger partial charge in [-0.3, -0.25) is 0 Å². The smallest absolute Gasteiger partial charge is 0.127 e. The molecule has 0 amide bonds. The highest BCUT2D eigenvalue weighted by Gasteiger charge is 2.18. The van der Waals surface area contributed by atoms with Crippen LogP contribution < -0.4 is 14.8 Å². The Morgan fingerprint density at radius 1 is 1.28 bits per heavy atom. The molecule has 0 aliphatic carbocycles. The molecule has 1 N–H and O–H groups in total. The minimum atomic E-state index is 0.0251. The molecule has 1 atom stereocenters. The lowest BCUT2D eigenvalue weighted by Crippen LogP contribution is -2.18. The first kappa shape index (κ1) is 12.9. The number of benzene rings is 1. The fraction of sp³-hybridized carbons (Fsp3) is 0.308. The fourth-order valence-electron chi connectivity index (χ4n) is 1.88. The quantitative estimate of drug-likeness (QED) is 0.901. The molecule has 0 saturated heterocycles. The van der Waals surface area contributed by atoms with Crippen molar-refractivity contribution in [3.8, 4) is 11.5 Å². The molecule has 0 aliphatic heterocycles. The van der Waals surface area contributed by atoms with E-state index in [9.17, 15) is 0 Å². The third-order valence-corrected chi connectivity index (χ3v) is 3.39. The highest BCUT2D eigenvalue weighted by Crippen LogP contribution is 2.32. The van der Waals surface area contributed by atoms with Gasteiger partial charge in [-0.2, -0.15) is 0 Å². The fourth-order valence-corrected chi connectivity index (χ4v) is 2.46. The summed E-state index contributed by atoms with van der Waals surface area (Å²) >= 11 is 1.58. The van der Waals surface area contributed by atoms with E-state index in [2.05, 4.69) is 10.3 Å². The van der Waals surface area contributed by atoms with E-state index in [4.69, 9.17) is 9.47 Å². The average Bonchev–Trinajstić information content (AvgIpc) is 2.94. The van der Waals surface area contributed by atoms with Gasteiger partial charge in [0, 0.05) is 17.0 Å². The first-order chi connectivity index (χ1) is 8.80. The predicted octanol–water partition coefficient (Wildman–Crippen LogP) is 2.47. The van der Waals surface area contributed by atoms with Crippen molar-refractivity contribution in [2.24, 2.45) is 0 Å². The van der Waals surface area contributed by atoms with Crippen LogP contribution in [0.3, 0.4) is 0 Å². The molecule has 0 bridgehead atoms. The zero-order valence-corrected chi connectivity index (χ0v) is 11.5. The van der Waals surface area contributed by atoms with Crippen LogP contribution in [-0.2, 0) is 0 Å². The number of rotatable bonds is 5. The number of thiazole rings is 1. The van der Waals surface area contributed by atoms with E-state index in [1.807, 2.05) is 36.1 Å². The monoisotopic (exact) mass is 264 g/mol. The Balaban J connectivity index is 2.42. The molecule has 0 spiro atoms. The van der Waals surface area contributed by atoms with E-state index >= 15 is 0 Å². The van der Waals surface area contributed by atoms with Crippen molar-refractivity contribution < 1.29 is 9.47 Å². The number of nitrogens with zero attached hydrogens (tertiary/aromatic N) is 1. The van der Waals surface area contributed by atoms with Gasteiger partial charge < -0.3 is 14.8 Å². The summed E-state index contributed by atoms with van der Waals surface area (Å²) in [6.07, 6.45) is 0.